The molecule has 78 valence electrons. The zero-order chi connectivity index (χ0) is 10.7. The van der Waals surface area contributed by atoms with Gasteiger partial charge >= 0.3 is 0 Å². The van der Waals surface area contributed by atoms with Crippen molar-refractivity contribution in [2.75, 3.05) is 0 Å². The van der Waals surface area contributed by atoms with E-state index >= 15 is 0 Å². The van der Waals surface area contributed by atoms with Gasteiger partial charge in [-0.15, -0.1) is 0 Å². The molecule has 0 saturated carbocycles. The summed E-state index contributed by atoms with van der Waals surface area (Å²) in [5.41, 5.74) is 0.841. The van der Waals surface area contributed by atoms with Crippen LogP contribution in [0.15, 0.2) is 42.7 Å². The summed E-state index contributed by atoms with van der Waals surface area (Å²) in [6, 6.07) is 8.39. The summed E-state index contributed by atoms with van der Waals surface area (Å²) in [5, 5.41) is 4.03. The first kappa shape index (κ1) is 9.72. The van der Waals surface area contributed by atoms with E-state index in [0.29, 0.717) is 5.75 Å². The molecule has 0 fully saturated rings. The summed E-state index contributed by atoms with van der Waals surface area (Å²) in [7, 11) is -2.85. The highest BCUT2D eigenvalue weighted by atomic mass is 32.2. The number of benzene rings is 1. The molecule has 1 aromatic carbocycles. The first-order chi connectivity index (χ1) is 7.25. The van der Waals surface area contributed by atoms with Gasteiger partial charge in [0.1, 0.15) is 5.75 Å². The van der Waals surface area contributed by atoms with Crippen molar-refractivity contribution in [1.82, 2.24) is 9.78 Å². The van der Waals surface area contributed by atoms with Crippen LogP contribution in [0.1, 0.15) is 0 Å². The minimum atomic E-state index is -2.85. The van der Waals surface area contributed by atoms with Crippen molar-refractivity contribution in [3.05, 3.63) is 42.7 Å². The smallest absolute Gasteiger partial charge is 0.299 e. The lowest BCUT2D eigenvalue weighted by molar-refractivity contribution is 0.510. The molecule has 2 aromatic rings. The summed E-state index contributed by atoms with van der Waals surface area (Å²) in [6.45, 7) is 0. The maximum atomic E-state index is 10.3. The first-order valence-corrected chi connectivity index (χ1v) is 5.28. The van der Waals surface area contributed by atoms with E-state index in [1.54, 1.807) is 47.4 Å². The minimum Gasteiger partial charge on any atom is -0.384 e. The second kappa shape index (κ2) is 4.14. The normalized spacial score (nSPS) is 10.5. The summed E-state index contributed by atoms with van der Waals surface area (Å²) in [4.78, 5) is 0. The molecular weight excluding hydrogens is 216 g/mol. The lowest BCUT2D eigenvalue weighted by Gasteiger charge is -2.01. The van der Waals surface area contributed by atoms with E-state index in [1.165, 1.54) is 0 Å². The van der Waals surface area contributed by atoms with E-state index in [4.69, 9.17) is 0 Å². The summed E-state index contributed by atoms with van der Waals surface area (Å²) in [6.07, 6.45) is 3.46. The lowest BCUT2D eigenvalue weighted by atomic mass is 10.3. The van der Waals surface area contributed by atoms with E-state index in [2.05, 4.69) is 9.28 Å². The van der Waals surface area contributed by atoms with Gasteiger partial charge in [0.15, 0.2) is 0 Å². The molecule has 0 atom stereocenters. The molecule has 0 aliphatic carbocycles. The van der Waals surface area contributed by atoms with Crippen LogP contribution in [0.2, 0.25) is 0 Å². The third-order valence-electron chi connectivity index (χ3n) is 1.79. The Morgan fingerprint density at radius 3 is 2.47 bits per heavy atom. The lowest BCUT2D eigenvalue weighted by Crippen LogP contribution is -1.94. The third kappa shape index (κ3) is 2.35. The minimum absolute atomic E-state index is 0.294. The average Bonchev–Trinajstić information content (AvgIpc) is 2.71. The molecule has 0 radical (unpaired) electrons. The highest BCUT2D eigenvalue weighted by Crippen LogP contribution is 2.14. The number of nitrogens with zero attached hydrogens (tertiary/aromatic N) is 2. The van der Waals surface area contributed by atoms with Crippen LogP contribution >= 0.6 is 0 Å². The Hall–Kier alpha value is -1.82. The average molecular weight is 224 g/mol. The van der Waals surface area contributed by atoms with Gasteiger partial charge in [-0.05, 0) is 30.3 Å². The van der Waals surface area contributed by atoms with Crippen molar-refractivity contribution in [3.63, 3.8) is 0 Å². The Morgan fingerprint density at radius 1 is 1.20 bits per heavy atom. The van der Waals surface area contributed by atoms with Gasteiger partial charge in [0.2, 0.25) is 0 Å². The van der Waals surface area contributed by atoms with E-state index < -0.39 is 11.0 Å². The summed E-state index contributed by atoms with van der Waals surface area (Å²) in [5.74, 6) is 0.294. The Bertz CT molecular complexity index is 495. The molecule has 0 saturated heterocycles. The van der Waals surface area contributed by atoms with E-state index in [9.17, 15) is 8.42 Å². The van der Waals surface area contributed by atoms with Gasteiger partial charge < -0.3 is 4.18 Å². The molecule has 0 spiro atoms. The van der Waals surface area contributed by atoms with Crippen LogP contribution in [-0.2, 0) is 11.0 Å². The third-order valence-corrected chi connectivity index (χ3v) is 2.15. The van der Waals surface area contributed by atoms with Gasteiger partial charge in [0.05, 0.1) is 5.69 Å². The zero-order valence-electron chi connectivity index (χ0n) is 7.61. The molecule has 5 nitrogen and oxygen atoms in total. The number of rotatable bonds is 3. The molecule has 1 heterocycles. The molecule has 6 heteroatoms. The molecule has 0 amide bonds. The van der Waals surface area contributed by atoms with Crippen LogP contribution in [0.3, 0.4) is 0 Å². The fourth-order valence-corrected chi connectivity index (χ4v) is 1.46. The number of aromatic nitrogens is 2. The molecule has 0 N–H and O–H groups in total. The Labute approximate surface area is 88.1 Å². The van der Waals surface area contributed by atoms with E-state index in [1.807, 2.05) is 0 Å². The van der Waals surface area contributed by atoms with E-state index in [0.717, 1.165) is 5.69 Å². The number of hydrogen-bond acceptors (Lipinski definition) is 4. The number of hydrogen-bond donors (Lipinski definition) is 1. The predicted octanol–water partition coefficient (Wildman–Crippen LogP) is 0.777. The van der Waals surface area contributed by atoms with Crippen LogP contribution < -0.4 is 4.18 Å². The molecule has 1 aromatic heterocycles. The molecule has 2 rings (SSSR count). The molecule has 0 aliphatic rings. The second-order valence-corrected chi connectivity index (χ2v) is 3.39. The summed E-state index contributed by atoms with van der Waals surface area (Å²) >= 11 is 0. The van der Waals surface area contributed by atoms with E-state index in [-0.39, 0.29) is 0 Å². The fourth-order valence-electron chi connectivity index (χ4n) is 1.17. The maximum Gasteiger partial charge on any atom is 0.299 e. The van der Waals surface area contributed by atoms with Gasteiger partial charge in [0.25, 0.3) is 11.0 Å². The molecule has 0 unspecified atom stereocenters. The van der Waals surface area contributed by atoms with Crippen molar-refractivity contribution < 1.29 is 12.6 Å². The molecular formula is C9H8N2O3S. The Balaban J connectivity index is 2.24. The van der Waals surface area contributed by atoms with Gasteiger partial charge in [-0.1, -0.05) is 0 Å². The maximum absolute atomic E-state index is 10.3. The van der Waals surface area contributed by atoms with Gasteiger partial charge in [-0.25, -0.2) is 4.68 Å². The van der Waals surface area contributed by atoms with Crippen molar-refractivity contribution in [2.45, 2.75) is 0 Å². The van der Waals surface area contributed by atoms with Crippen LogP contribution in [0.25, 0.3) is 5.69 Å². The van der Waals surface area contributed by atoms with Gasteiger partial charge in [0, 0.05) is 12.4 Å². The van der Waals surface area contributed by atoms with Crippen molar-refractivity contribution in [3.8, 4) is 11.4 Å². The zero-order valence-corrected chi connectivity index (χ0v) is 8.50. The predicted molar refractivity (Wildman–Crippen MR) is 54.5 cm³/mol. The molecule has 15 heavy (non-hydrogen) atoms. The van der Waals surface area contributed by atoms with Crippen LogP contribution in [-0.4, -0.2) is 18.2 Å². The van der Waals surface area contributed by atoms with Crippen LogP contribution in [0.5, 0.6) is 5.75 Å². The number of thiol groups is 1. The highest BCUT2D eigenvalue weighted by Gasteiger charge is 1.97. The quantitative estimate of drug-likeness (QED) is 0.782. The van der Waals surface area contributed by atoms with Crippen molar-refractivity contribution >= 4 is 11.0 Å². The first-order valence-electron chi connectivity index (χ1n) is 4.18. The largest absolute Gasteiger partial charge is 0.384 e. The fraction of sp³-hybridized carbons (Fsp3) is 0. The molecule has 0 bridgehead atoms. The van der Waals surface area contributed by atoms with Crippen LogP contribution in [0.4, 0.5) is 0 Å². The topological polar surface area (TPSA) is 61.2 Å². The summed E-state index contributed by atoms with van der Waals surface area (Å²) < 4.78 is 26.7. The highest BCUT2D eigenvalue weighted by molar-refractivity contribution is 7.67. The van der Waals surface area contributed by atoms with Crippen molar-refractivity contribution in [2.24, 2.45) is 0 Å². The standard InChI is InChI=1S/C9H8N2O3S/c12-15(13)14-9-4-2-8(3-5-9)11-7-1-6-10-11/h1-7,15H. The monoisotopic (exact) mass is 224 g/mol. The SMILES string of the molecule is O=[SH](=O)Oc1ccc(-n2cccn2)cc1. The van der Waals surface area contributed by atoms with Gasteiger partial charge in [-0.3, -0.25) is 0 Å². The van der Waals surface area contributed by atoms with Crippen LogP contribution in [0, 0.1) is 0 Å². The Kier molecular flexibility index (Phi) is 2.68. The molecule has 0 aliphatic heterocycles. The second-order valence-electron chi connectivity index (χ2n) is 2.76. The van der Waals surface area contributed by atoms with Gasteiger partial charge in [-0.2, -0.15) is 13.5 Å². The van der Waals surface area contributed by atoms with Crippen molar-refractivity contribution in [1.29, 1.82) is 0 Å². The Morgan fingerprint density at radius 2 is 1.93 bits per heavy atom.